The molecule has 0 bridgehead atoms. The molecule has 2 saturated heterocycles. The van der Waals surface area contributed by atoms with Crippen LogP contribution in [0.1, 0.15) is 11.1 Å². The smallest absolute Gasteiger partial charge is 0.346 e. The summed E-state index contributed by atoms with van der Waals surface area (Å²) in [6.07, 6.45) is 0. The largest absolute Gasteiger partial charge is 0.397 e. The normalized spacial score (nSPS) is 16.9. The van der Waals surface area contributed by atoms with E-state index in [1.54, 1.807) is 6.07 Å². The zero-order valence-electron chi connectivity index (χ0n) is 18.9. The zero-order valence-corrected chi connectivity index (χ0v) is 18.9. The van der Waals surface area contributed by atoms with Gasteiger partial charge >= 0.3 is 11.4 Å². The summed E-state index contributed by atoms with van der Waals surface area (Å²) in [5.74, 6) is 0. The van der Waals surface area contributed by atoms with Crippen molar-refractivity contribution >= 4 is 22.7 Å². The summed E-state index contributed by atoms with van der Waals surface area (Å²) in [7, 11) is 0. The van der Waals surface area contributed by atoms with Gasteiger partial charge in [-0.25, -0.2) is 0 Å². The molecule has 0 spiro atoms. The molecule has 0 amide bonds. The fourth-order valence-corrected chi connectivity index (χ4v) is 3.73. The molecule has 12 heteroatoms. The van der Waals surface area contributed by atoms with Crippen molar-refractivity contribution in [2.24, 2.45) is 0 Å². The van der Waals surface area contributed by atoms with Gasteiger partial charge < -0.3 is 20.9 Å². The summed E-state index contributed by atoms with van der Waals surface area (Å²) in [4.78, 5) is 24.5. The van der Waals surface area contributed by atoms with E-state index in [2.05, 4.69) is 9.80 Å². The first-order chi connectivity index (χ1) is 16.3. The molecule has 2 aliphatic heterocycles. The average molecular weight is 475 g/mol. The highest BCUT2D eigenvalue weighted by Gasteiger charge is 2.24. The molecule has 2 aliphatic rings. The van der Waals surface area contributed by atoms with Crippen molar-refractivity contribution in [3.05, 3.63) is 67.8 Å². The lowest BCUT2D eigenvalue weighted by atomic mass is 10.1. The van der Waals surface area contributed by atoms with Crippen LogP contribution in [0.3, 0.4) is 0 Å². The fraction of sp³-hybridized carbons (Fsp3) is 0.455. The Morgan fingerprint density at radius 1 is 0.706 bits per heavy atom. The Kier molecular flexibility index (Phi) is 9.10. The lowest BCUT2D eigenvalue weighted by molar-refractivity contribution is -0.422. The van der Waals surface area contributed by atoms with Crippen LogP contribution in [0.5, 0.6) is 0 Å². The minimum Gasteiger partial charge on any atom is -0.397 e. The molecule has 0 saturated carbocycles. The number of nitrogens with zero attached hydrogens (tertiary/aromatic N) is 4. The minimum atomic E-state index is -0.739. The molecule has 0 radical (unpaired) electrons. The third-order valence-corrected chi connectivity index (χ3v) is 5.60. The monoisotopic (exact) mass is 474 g/mol. The molecule has 12 nitrogen and oxygen atoms in total. The van der Waals surface area contributed by atoms with Gasteiger partial charge in [-0.05, 0) is 23.3 Å². The van der Waals surface area contributed by atoms with Gasteiger partial charge in [-0.3, -0.25) is 30.0 Å². The van der Waals surface area contributed by atoms with Crippen LogP contribution in [0.15, 0.2) is 36.4 Å². The zero-order chi connectivity index (χ0) is 24.5. The van der Waals surface area contributed by atoms with Crippen LogP contribution in [0, 0.1) is 20.2 Å². The Labute approximate surface area is 197 Å². The Balaban J connectivity index is 0.000000196. The number of anilines is 2. The maximum Gasteiger partial charge on any atom is 0.346 e. The number of nitrogens with two attached hydrogens (primary N) is 2. The molecule has 2 fully saturated rings. The highest BCUT2D eigenvalue weighted by molar-refractivity contribution is 5.63. The minimum absolute atomic E-state index is 0.462. The van der Waals surface area contributed by atoms with Gasteiger partial charge in [-0.2, -0.15) is 0 Å². The quantitative estimate of drug-likeness (QED) is 0.359. The molecule has 0 aromatic heterocycles. The van der Waals surface area contributed by atoms with Crippen molar-refractivity contribution < 1.29 is 19.3 Å². The second-order valence-corrected chi connectivity index (χ2v) is 8.08. The molecular formula is C22H30N6O6. The van der Waals surface area contributed by atoms with Gasteiger partial charge in [0.05, 0.1) is 47.6 Å². The molecule has 0 atom stereocenters. The summed E-state index contributed by atoms with van der Waals surface area (Å²) in [6.45, 7) is 7.86. The standard InChI is InChI=1S/C11H13N3O5.C11H17N3O/c15-13(16)10-2-1-9(7-11(10)14(17)18)8-12-3-5-19-6-4-12;12-10-2-1-9(7-11(10)13)8-14-3-5-15-6-4-14/h1-2,7H,3-6,8H2;1-2,7H,3-6,8,12-13H2. The highest BCUT2D eigenvalue weighted by Crippen LogP contribution is 2.28. The van der Waals surface area contributed by atoms with Gasteiger partial charge in [0.2, 0.25) is 0 Å². The first-order valence-electron chi connectivity index (χ1n) is 11.0. The van der Waals surface area contributed by atoms with Crippen molar-refractivity contribution in [1.29, 1.82) is 0 Å². The number of ether oxygens (including phenoxy) is 2. The van der Waals surface area contributed by atoms with E-state index < -0.39 is 21.2 Å². The van der Waals surface area contributed by atoms with E-state index in [0.717, 1.165) is 45.9 Å². The SMILES string of the molecule is Nc1ccc(CN2CCOCC2)cc1N.O=[N+]([O-])c1ccc(CN2CCOCC2)cc1[N+](=O)[O-]. The Bertz CT molecular complexity index is 992. The lowest BCUT2D eigenvalue weighted by Gasteiger charge is -2.26. The molecule has 4 rings (SSSR count). The molecular weight excluding hydrogens is 444 g/mol. The molecule has 2 aromatic carbocycles. The number of morpholine rings is 2. The Morgan fingerprint density at radius 2 is 1.18 bits per heavy atom. The third kappa shape index (κ3) is 7.35. The first-order valence-corrected chi connectivity index (χ1v) is 11.0. The number of benzene rings is 2. The van der Waals surface area contributed by atoms with E-state index in [0.29, 0.717) is 36.7 Å². The van der Waals surface area contributed by atoms with E-state index in [1.807, 2.05) is 18.2 Å². The average Bonchev–Trinajstić information content (AvgIpc) is 2.83. The molecule has 34 heavy (non-hydrogen) atoms. The molecule has 4 N–H and O–H groups in total. The van der Waals surface area contributed by atoms with E-state index in [1.165, 1.54) is 17.7 Å². The second kappa shape index (κ2) is 12.2. The Morgan fingerprint density at radius 3 is 1.65 bits per heavy atom. The number of rotatable bonds is 6. The van der Waals surface area contributed by atoms with Crippen LogP contribution in [0.4, 0.5) is 22.7 Å². The molecule has 184 valence electrons. The maximum absolute atomic E-state index is 10.8. The number of hydrogen-bond acceptors (Lipinski definition) is 10. The van der Waals surface area contributed by atoms with E-state index in [9.17, 15) is 20.2 Å². The van der Waals surface area contributed by atoms with Crippen molar-refractivity contribution in [3.63, 3.8) is 0 Å². The number of hydrogen-bond donors (Lipinski definition) is 2. The first kappa shape index (κ1) is 25.3. The van der Waals surface area contributed by atoms with Crippen LogP contribution < -0.4 is 11.5 Å². The van der Waals surface area contributed by atoms with Gasteiger partial charge in [0.25, 0.3) is 0 Å². The van der Waals surface area contributed by atoms with E-state index in [4.69, 9.17) is 20.9 Å². The summed E-state index contributed by atoms with van der Waals surface area (Å²) in [6, 6.07) is 9.86. The Hall–Kier alpha value is -3.32. The predicted octanol–water partition coefficient (Wildman–Crippen LogP) is 2.02. The molecule has 0 aliphatic carbocycles. The second-order valence-electron chi connectivity index (χ2n) is 8.08. The van der Waals surface area contributed by atoms with Gasteiger partial charge in [0.15, 0.2) is 0 Å². The number of nitro benzene ring substituents is 2. The van der Waals surface area contributed by atoms with Crippen molar-refractivity contribution in [2.45, 2.75) is 13.1 Å². The van der Waals surface area contributed by atoms with E-state index >= 15 is 0 Å². The maximum atomic E-state index is 10.8. The fourth-order valence-electron chi connectivity index (χ4n) is 3.73. The summed E-state index contributed by atoms with van der Waals surface area (Å²) in [5, 5.41) is 21.5. The van der Waals surface area contributed by atoms with Crippen LogP contribution in [0.2, 0.25) is 0 Å². The summed E-state index contributed by atoms with van der Waals surface area (Å²) < 4.78 is 10.5. The third-order valence-electron chi connectivity index (χ3n) is 5.60. The van der Waals surface area contributed by atoms with Crippen LogP contribution in [-0.2, 0) is 22.6 Å². The van der Waals surface area contributed by atoms with Crippen molar-refractivity contribution in [1.82, 2.24) is 9.80 Å². The van der Waals surface area contributed by atoms with Crippen molar-refractivity contribution in [2.75, 3.05) is 64.1 Å². The summed E-state index contributed by atoms with van der Waals surface area (Å²) >= 11 is 0. The lowest BCUT2D eigenvalue weighted by Crippen LogP contribution is -2.35. The van der Waals surface area contributed by atoms with Gasteiger partial charge in [0, 0.05) is 51.4 Å². The van der Waals surface area contributed by atoms with Crippen LogP contribution >= 0.6 is 0 Å². The molecule has 2 aromatic rings. The van der Waals surface area contributed by atoms with Crippen molar-refractivity contribution in [3.8, 4) is 0 Å². The predicted molar refractivity (Wildman–Crippen MR) is 127 cm³/mol. The number of nitrogen functional groups attached to an aromatic ring is 2. The molecule has 2 heterocycles. The van der Waals surface area contributed by atoms with Crippen LogP contribution in [0.25, 0.3) is 0 Å². The van der Waals surface area contributed by atoms with Gasteiger partial charge in [-0.15, -0.1) is 0 Å². The van der Waals surface area contributed by atoms with E-state index in [-0.39, 0.29) is 0 Å². The van der Waals surface area contributed by atoms with Crippen LogP contribution in [-0.4, -0.2) is 72.3 Å². The van der Waals surface area contributed by atoms with Gasteiger partial charge in [0.1, 0.15) is 0 Å². The van der Waals surface area contributed by atoms with Gasteiger partial charge in [-0.1, -0.05) is 12.1 Å². The number of nitro groups is 2. The molecule has 0 unspecified atom stereocenters. The summed E-state index contributed by atoms with van der Waals surface area (Å²) in [5.41, 5.74) is 13.7. The topological polar surface area (TPSA) is 163 Å². The highest BCUT2D eigenvalue weighted by atomic mass is 16.6.